The maximum Gasteiger partial charge on any atom is 0.194 e. The lowest BCUT2D eigenvalue weighted by atomic mass is 10.3. The van der Waals surface area contributed by atoms with Gasteiger partial charge in [0.15, 0.2) is 5.96 Å². The van der Waals surface area contributed by atoms with Crippen LogP contribution in [0.4, 0.5) is 0 Å². The van der Waals surface area contributed by atoms with Crippen LogP contribution in [0.15, 0.2) is 23.8 Å². The van der Waals surface area contributed by atoms with Crippen LogP contribution in [0.5, 0.6) is 0 Å². The van der Waals surface area contributed by atoms with Crippen molar-refractivity contribution in [2.24, 2.45) is 4.99 Å². The molecule has 0 aliphatic carbocycles. The number of nitrogens with zero attached hydrogens (tertiary/aromatic N) is 3. The molecule has 1 rings (SSSR count). The van der Waals surface area contributed by atoms with E-state index >= 15 is 0 Å². The van der Waals surface area contributed by atoms with E-state index in [4.69, 9.17) is 0 Å². The van der Waals surface area contributed by atoms with Crippen LogP contribution >= 0.6 is 35.3 Å². The number of aryl methyl sites for hydroxylation is 1. The number of thiazole rings is 1. The predicted octanol–water partition coefficient (Wildman–Crippen LogP) is 3.43. The molecule has 114 valence electrons. The highest BCUT2D eigenvalue weighted by Gasteiger charge is 2.05. The molecule has 0 aliphatic rings. The van der Waals surface area contributed by atoms with Crippen molar-refractivity contribution in [1.29, 1.82) is 0 Å². The highest BCUT2D eigenvalue weighted by molar-refractivity contribution is 14.0. The fourth-order valence-corrected chi connectivity index (χ4v) is 2.38. The van der Waals surface area contributed by atoms with E-state index in [-0.39, 0.29) is 24.0 Å². The molecule has 0 unspecified atom stereocenters. The zero-order valence-corrected chi connectivity index (χ0v) is 15.7. The van der Waals surface area contributed by atoms with Gasteiger partial charge in [0.05, 0.1) is 6.54 Å². The Labute approximate surface area is 143 Å². The molecule has 0 amide bonds. The highest BCUT2D eigenvalue weighted by atomic mass is 127. The summed E-state index contributed by atoms with van der Waals surface area (Å²) in [6.45, 7) is 10.4. The molecule has 0 bridgehead atoms. The molecular weight excluding hydrogens is 383 g/mol. The summed E-state index contributed by atoms with van der Waals surface area (Å²) in [5, 5.41) is 4.38. The zero-order chi connectivity index (χ0) is 14.1. The van der Waals surface area contributed by atoms with Gasteiger partial charge < -0.3 is 10.2 Å². The third-order valence-electron chi connectivity index (χ3n) is 2.63. The van der Waals surface area contributed by atoms with Crippen LogP contribution in [-0.2, 0) is 6.54 Å². The number of aliphatic imine (C=N–C) groups is 1. The molecule has 4 nitrogen and oxygen atoms in total. The smallest absolute Gasteiger partial charge is 0.194 e. The van der Waals surface area contributed by atoms with Crippen LogP contribution in [0.1, 0.15) is 29.7 Å². The van der Waals surface area contributed by atoms with Gasteiger partial charge in [-0.2, -0.15) is 0 Å². The minimum atomic E-state index is 0. The molecule has 6 heteroatoms. The summed E-state index contributed by atoms with van der Waals surface area (Å²) in [6.07, 6.45) is 5.99. The molecule has 1 heterocycles. The van der Waals surface area contributed by atoms with Crippen LogP contribution in [0, 0.1) is 6.92 Å². The third kappa shape index (κ3) is 7.23. The van der Waals surface area contributed by atoms with Crippen LogP contribution in [0.3, 0.4) is 0 Å². The number of guanidine groups is 1. The highest BCUT2D eigenvalue weighted by Crippen LogP contribution is 2.12. The van der Waals surface area contributed by atoms with E-state index in [2.05, 4.69) is 47.7 Å². The lowest BCUT2D eigenvalue weighted by Crippen LogP contribution is -2.39. The summed E-state index contributed by atoms with van der Waals surface area (Å²) in [5.41, 5.74) is 0. The number of nitrogens with one attached hydrogen (secondary N) is 1. The second-order valence-corrected chi connectivity index (χ2v) is 5.71. The Hall–Kier alpha value is -0.630. The number of rotatable bonds is 7. The van der Waals surface area contributed by atoms with E-state index in [1.807, 2.05) is 12.3 Å². The number of halogens is 1. The van der Waals surface area contributed by atoms with Crippen molar-refractivity contribution in [3.8, 4) is 0 Å². The second kappa shape index (κ2) is 11.1. The monoisotopic (exact) mass is 408 g/mol. The Morgan fingerprint density at radius 3 is 2.90 bits per heavy atom. The van der Waals surface area contributed by atoms with Crippen molar-refractivity contribution in [2.45, 2.75) is 33.2 Å². The van der Waals surface area contributed by atoms with Gasteiger partial charge in [0.1, 0.15) is 5.01 Å². The summed E-state index contributed by atoms with van der Waals surface area (Å²) < 4.78 is 0. The summed E-state index contributed by atoms with van der Waals surface area (Å²) >= 11 is 1.70. The van der Waals surface area contributed by atoms with E-state index in [9.17, 15) is 0 Å². The lowest BCUT2D eigenvalue weighted by molar-refractivity contribution is 0.470. The van der Waals surface area contributed by atoms with Gasteiger partial charge in [0.25, 0.3) is 0 Å². The summed E-state index contributed by atoms with van der Waals surface area (Å²) in [6, 6.07) is 0. The molecule has 0 fully saturated rings. The van der Waals surface area contributed by atoms with E-state index < -0.39 is 0 Å². The minimum absolute atomic E-state index is 0. The van der Waals surface area contributed by atoms with Gasteiger partial charge in [-0.05, 0) is 26.7 Å². The number of hydrogen-bond donors (Lipinski definition) is 1. The first kappa shape index (κ1) is 19.4. The number of hydrogen-bond acceptors (Lipinski definition) is 3. The van der Waals surface area contributed by atoms with Gasteiger partial charge in [-0.3, -0.25) is 0 Å². The summed E-state index contributed by atoms with van der Waals surface area (Å²) in [5.74, 6) is 0.944. The van der Waals surface area contributed by atoms with Crippen molar-refractivity contribution in [3.05, 3.63) is 28.7 Å². The Kier molecular flexibility index (Phi) is 10.7. The zero-order valence-electron chi connectivity index (χ0n) is 12.6. The van der Waals surface area contributed by atoms with Crippen molar-refractivity contribution in [1.82, 2.24) is 15.2 Å². The number of unbranched alkanes of at least 4 members (excludes halogenated alkanes) is 1. The molecule has 1 aromatic heterocycles. The Bertz CT molecular complexity index is 417. The standard InChI is InChI=1S/C14H24N4S.HI/c1-5-7-8-9-18(4)14(15-6-2)17-11-13-16-10-12(3)19-13;/h5,10H,1,6-9,11H2,2-4H3,(H,15,17);1H. The number of aromatic nitrogens is 1. The molecule has 0 atom stereocenters. The van der Waals surface area contributed by atoms with Crippen LogP contribution in [0.25, 0.3) is 0 Å². The average Bonchev–Trinajstić information content (AvgIpc) is 2.80. The molecule has 0 saturated heterocycles. The van der Waals surface area contributed by atoms with Crippen LogP contribution < -0.4 is 5.32 Å². The molecule has 1 N–H and O–H groups in total. The van der Waals surface area contributed by atoms with Gasteiger partial charge in [-0.25, -0.2) is 9.98 Å². The predicted molar refractivity (Wildman–Crippen MR) is 99.1 cm³/mol. The SMILES string of the molecule is C=CCCCN(C)C(=NCc1ncc(C)s1)NCC.I. The van der Waals surface area contributed by atoms with Gasteiger partial charge in [-0.1, -0.05) is 6.08 Å². The average molecular weight is 408 g/mol. The van der Waals surface area contributed by atoms with Crippen LogP contribution in [-0.4, -0.2) is 36.0 Å². The Morgan fingerprint density at radius 1 is 1.60 bits per heavy atom. The Balaban J connectivity index is 0.00000361. The fraction of sp³-hybridized carbons (Fsp3) is 0.571. The van der Waals surface area contributed by atoms with E-state index in [1.165, 1.54) is 4.88 Å². The summed E-state index contributed by atoms with van der Waals surface area (Å²) in [7, 11) is 2.07. The van der Waals surface area contributed by atoms with Crippen molar-refractivity contribution in [2.75, 3.05) is 20.1 Å². The first-order chi connectivity index (χ1) is 9.17. The van der Waals surface area contributed by atoms with E-state index in [0.29, 0.717) is 6.54 Å². The van der Waals surface area contributed by atoms with Crippen LogP contribution in [0.2, 0.25) is 0 Å². The normalized spacial score (nSPS) is 10.8. The largest absolute Gasteiger partial charge is 0.357 e. The first-order valence-electron chi connectivity index (χ1n) is 6.69. The van der Waals surface area contributed by atoms with Crippen molar-refractivity contribution in [3.63, 3.8) is 0 Å². The first-order valence-corrected chi connectivity index (χ1v) is 7.50. The molecule has 0 spiro atoms. The van der Waals surface area contributed by atoms with E-state index in [0.717, 1.165) is 36.9 Å². The molecule has 0 radical (unpaired) electrons. The molecule has 0 aromatic carbocycles. The lowest BCUT2D eigenvalue weighted by Gasteiger charge is -2.21. The maximum absolute atomic E-state index is 4.63. The van der Waals surface area contributed by atoms with Crippen molar-refractivity contribution >= 4 is 41.3 Å². The van der Waals surface area contributed by atoms with Gasteiger partial charge in [0.2, 0.25) is 0 Å². The molecule has 0 aliphatic heterocycles. The van der Waals surface area contributed by atoms with Gasteiger partial charge >= 0.3 is 0 Å². The van der Waals surface area contributed by atoms with Gasteiger partial charge in [0, 0.05) is 31.2 Å². The van der Waals surface area contributed by atoms with Crippen molar-refractivity contribution < 1.29 is 0 Å². The fourth-order valence-electron chi connectivity index (χ4n) is 1.67. The molecule has 20 heavy (non-hydrogen) atoms. The third-order valence-corrected chi connectivity index (χ3v) is 3.53. The maximum atomic E-state index is 4.63. The van der Waals surface area contributed by atoms with E-state index in [1.54, 1.807) is 11.3 Å². The molecule has 0 saturated carbocycles. The second-order valence-electron chi connectivity index (χ2n) is 4.39. The number of allylic oxidation sites excluding steroid dienone is 1. The molecule has 1 aromatic rings. The topological polar surface area (TPSA) is 40.5 Å². The minimum Gasteiger partial charge on any atom is -0.357 e. The quantitative estimate of drug-likeness (QED) is 0.247. The molecular formula is C14H25IN4S. The Morgan fingerprint density at radius 2 is 2.35 bits per heavy atom. The summed E-state index contributed by atoms with van der Waals surface area (Å²) in [4.78, 5) is 12.4. The van der Waals surface area contributed by atoms with Gasteiger partial charge in [-0.15, -0.1) is 41.9 Å².